The van der Waals surface area contributed by atoms with E-state index in [1.165, 1.54) is 11.1 Å². The molecule has 0 aliphatic rings. The van der Waals surface area contributed by atoms with Gasteiger partial charge in [-0.25, -0.2) is 0 Å². The molecule has 0 bridgehead atoms. The number of carbonyl (C=O) groups is 1. The highest BCUT2D eigenvalue weighted by Crippen LogP contribution is 2.16. The summed E-state index contributed by atoms with van der Waals surface area (Å²) >= 11 is 3.46. The molecule has 0 heterocycles. The second kappa shape index (κ2) is 7.54. The van der Waals surface area contributed by atoms with Gasteiger partial charge in [0.05, 0.1) is 0 Å². The van der Waals surface area contributed by atoms with E-state index in [0.717, 1.165) is 10.9 Å². The van der Waals surface area contributed by atoms with Crippen LogP contribution < -0.4 is 11.1 Å². The van der Waals surface area contributed by atoms with Crippen LogP contribution in [0.4, 0.5) is 0 Å². The first kappa shape index (κ1) is 15.2. The minimum absolute atomic E-state index is 0.0839. The van der Waals surface area contributed by atoms with Crippen molar-refractivity contribution in [3.8, 4) is 0 Å². The van der Waals surface area contributed by atoms with Crippen molar-refractivity contribution in [3.05, 3.63) is 33.8 Å². The lowest BCUT2D eigenvalue weighted by Gasteiger charge is -2.10. The third-order valence-electron chi connectivity index (χ3n) is 2.96. The number of aryl methyl sites for hydroxylation is 1. The van der Waals surface area contributed by atoms with Crippen molar-refractivity contribution in [3.63, 3.8) is 0 Å². The minimum Gasteiger partial charge on any atom is -0.356 e. The average molecular weight is 313 g/mol. The standard InChI is InChI=1S/C14H21BrN2O/c1-10(9-16)7-14(18)17-6-5-12-8-13(15)4-3-11(12)2/h3-4,8,10H,5-7,9,16H2,1-2H3,(H,17,18). The Morgan fingerprint density at radius 2 is 2.22 bits per heavy atom. The van der Waals surface area contributed by atoms with E-state index in [1.54, 1.807) is 0 Å². The van der Waals surface area contributed by atoms with Crippen LogP contribution in [0, 0.1) is 12.8 Å². The van der Waals surface area contributed by atoms with Crippen molar-refractivity contribution in [1.29, 1.82) is 0 Å². The van der Waals surface area contributed by atoms with Gasteiger partial charge in [0.15, 0.2) is 0 Å². The number of carbonyl (C=O) groups excluding carboxylic acids is 1. The number of benzene rings is 1. The van der Waals surface area contributed by atoms with Crippen molar-refractivity contribution in [2.45, 2.75) is 26.7 Å². The number of nitrogens with one attached hydrogen (secondary N) is 1. The Labute approximate surface area is 117 Å². The molecule has 3 nitrogen and oxygen atoms in total. The van der Waals surface area contributed by atoms with Gasteiger partial charge in [0.2, 0.25) is 5.91 Å². The van der Waals surface area contributed by atoms with Crippen LogP contribution in [0.1, 0.15) is 24.5 Å². The highest BCUT2D eigenvalue weighted by Gasteiger charge is 2.07. The summed E-state index contributed by atoms with van der Waals surface area (Å²) in [5.74, 6) is 0.332. The largest absolute Gasteiger partial charge is 0.356 e. The van der Waals surface area contributed by atoms with Gasteiger partial charge >= 0.3 is 0 Å². The van der Waals surface area contributed by atoms with E-state index in [-0.39, 0.29) is 11.8 Å². The highest BCUT2D eigenvalue weighted by atomic mass is 79.9. The lowest BCUT2D eigenvalue weighted by atomic mass is 10.1. The molecule has 4 heteroatoms. The molecule has 1 unspecified atom stereocenters. The first-order valence-electron chi connectivity index (χ1n) is 6.24. The molecule has 0 spiro atoms. The molecule has 3 N–H and O–H groups in total. The molecule has 0 saturated carbocycles. The number of hydrogen-bond donors (Lipinski definition) is 2. The molecule has 1 aromatic rings. The third kappa shape index (κ3) is 5.19. The fraction of sp³-hybridized carbons (Fsp3) is 0.500. The molecular weight excluding hydrogens is 292 g/mol. The summed E-state index contributed by atoms with van der Waals surface area (Å²) in [6, 6.07) is 6.21. The molecular formula is C14H21BrN2O. The van der Waals surface area contributed by atoms with Crippen LogP contribution in [0.25, 0.3) is 0 Å². The van der Waals surface area contributed by atoms with Crippen LogP contribution in [-0.2, 0) is 11.2 Å². The molecule has 0 radical (unpaired) electrons. The van der Waals surface area contributed by atoms with E-state index in [4.69, 9.17) is 5.73 Å². The van der Waals surface area contributed by atoms with Crippen molar-refractivity contribution in [2.24, 2.45) is 11.7 Å². The van der Waals surface area contributed by atoms with Crippen LogP contribution in [0.15, 0.2) is 22.7 Å². The predicted octanol–water partition coefficient (Wildman–Crippen LogP) is 2.40. The maximum Gasteiger partial charge on any atom is 0.220 e. The van der Waals surface area contributed by atoms with Crippen molar-refractivity contribution in [2.75, 3.05) is 13.1 Å². The number of rotatable bonds is 6. The zero-order valence-corrected chi connectivity index (χ0v) is 12.6. The number of nitrogens with two attached hydrogens (primary N) is 1. The highest BCUT2D eigenvalue weighted by molar-refractivity contribution is 9.10. The lowest BCUT2D eigenvalue weighted by Crippen LogP contribution is -2.28. The molecule has 0 fully saturated rings. The Morgan fingerprint density at radius 3 is 2.89 bits per heavy atom. The van der Waals surface area contributed by atoms with E-state index in [2.05, 4.69) is 40.3 Å². The normalized spacial score (nSPS) is 12.2. The average Bonchev–Trinajstić information content (AvgIpc) is 2.33. The molecule has 18 heavy (non-hydrogen) atoms. The molecule has 1 amide bonds. The Balaban J connectivity index is 2.37. The SMILES string of the molecule is Cc1ccc(Br)cc1CCNC(=O)CC(C)CN. The van der Waals surface area contributed by atoms with Gasteiger partial charge in [-0.05, 0) is 49.1 Å². The van der Waals surface area contributed by atoms with Crippen molar-refractivity contribution in [1.82, 2.24) is 5.32 Å². The van der Waals surface area contributed by atoms with E-state index >= 15 is 0 Å². The summed E-state index contributed by atoms with van der Waals surface area (Å²) in [7, 11) is 0. The van der Waals surface area contributed by atoms with Gasteiger partial charge in [0, 0.05) is 17.4 Å². The molecule has 0 aromatic heterocycles. The maximum absolute atomic E-state index is 11.6. The van der Waals surface area contributed by atoms with Gasteiger partial charge in [0.25, 0.3) is 0 Å². The van der Waals surface area contributed by atoms with Crippen LogP contribution in [0.3, 0.4) is 0 Å². The molecule has 0 aliphatic heterocycles. The van der Waals surface area contributed by atoms with Crippen LogP contribution in [-0.4, -0.2) is 19.0 Å². The minimum atomic E-state index is 0.0839. The second-order valence-corrected chi connectivity index (χ2v) is 5.63. The van der Waals surface area contributed by atoms with E-state index < -0.39 is 0 Å². The molecule has 1 atom stereocenters. The van der Waals surface area contributed by atoms with E-state index in [1.807, 2.05) is 13.0 Å². The van der Waals surface area contributed by atoms with Crippen molar-refractivity contribution < 1.29 is 4.79 Å². The van der Waals surface area contributed by atoms with Gasteiger partial charge < -0.3 is 11.1 Å². The predicted molar refractivity (Wildman–Crippen MR) is 78.4 cm³/mol. The second-order valence-electron chi connectivity index (χ2n) is 4.72. The van der Waals surface area contributed by atoms with Crippen LogP contribution >= 0.6 is 15.9 Å². The Hall–Kier alpha value is -0.870. The first-order chi connectivity index (χ1) is 8.52. The summed E-state index contributed by atoms with van der Waals surface area (Å²) in [5, 5.41) is 2.93. The monoisotopic (exact) mass is 312 g/mol. The Kier molecular flexibility index (Phi) is 6.36. The fourth-order valence-corrected chi connectivity index (χ4v) is 2.13. The maximum atomic E-state index is 11.6. The summed E-state index contributed by atoms with van der Waals surface area (Å²) < 4.78 is 1.08. The van der Waals surface area contributed by atoms with Crippen molar-refractivity contribution >= 4 is 21.8 Å². The van der Waals surface area contributed by atoms with Gasteiger partial charge in [0.1, 0.15) is 0 Å². The molecule has 1 aromatic carbocycles. The van der Waals surface area contributed by atoms with E-state index in [0.29, 0.717) is 19.5 Å². The van der Waals surface area contributed by atoms with Crippen LogP contribution in [0.5, 0.6) is 0 Å². The number of halogens is 1. The summed E-state index contributed by atoms with van der Waals surface area (Å²) in [6.07, 6.45) is 1.36. The molecule has 0 saturated heterocycles. The summed E-state index contributed by atoms with van der Waals surface area (Å²) in [5.41, 5.74) is 8.00. The van der Waals surface area contributed by atoms with Gasteiger partial charge in [-0.3, -0.25) is 4.79 Å². The van der Waals surface area contributed by atoms with Gasteiger partial charge in [-0.2, -0.15) is 0 Å². The first-order valence-corrected chi connectivity index (χ1v) is 7.04. The quantitative estimate of drug-likeness (QED) is 0.847. The molecule has 100 valence electrons. The zero-order chi connectivity index (χ0) is 13.5. The Morgan fingerprint density at radius 1 is 1.50 bits per heavy atom. The lowest BCUT2D eigenvalue weighted by molar-refractivity contribution is -0.121. The summed E-state index contributed by atoms with van der Waals surface area (Å²) in [4.78, 5) is 11.6. The summed E-state index contributed by atoms with van der Waals surface area (Å²) in [6.45, 7) is 5.30. The van der Waals surface area contributed by atoms with Gasteiger partial charge in [-0.1, -0.05) is 28.9 Å². The Bertz CT molecular complexity index is 407. The van der Waals surface area contributed by atoms with E-state index in [9.17, 15) is 4.79 Å². The molecule has 0 aliphatic carbocycles. The van der Waals surface area contributed by atoms with Gasteiger partial charge in [-0.15, -0.1) is 0 Å². The third-order valence-corrected chi connectivity index (χ3v) is 3.46. The topological polar surface area (TPSA) is 55.1 Å². The number of hydrogen-bond acceptors (Lipinski definition) is 2. The smallest absolute Gasteiger partial charge is 0.220 e. The zero-order valence-electron chi connectivity index (χ0n) is 11.0. The fourth-order valence-electron chi connectivity index (χ4n) is 1.72. The number of amides is 1. The van der Waals surface area contributed by atoms with Crippen LogP contribution in [0.2, 0.25) is 0 Å². The molecule has 1 rings (SSSR count).